The van der Waals surface area contributed by atoms with E-state index in [9.17, 15) is 14.4 Å². The highest BCUT2D eigenvalue weighted by atomic mass is 79.9. The van der Waals surface area contributed by atoms with Gasteiger partial charge >= 0.3 is 5.97 Å². The van der Waals surface area contributed by atoms with Gasteiger partial charge in [0.15, 0.2) is 6.61 Å². The van der Waals surface area contributed by atoms with Crippen LogP contribution in [0.3, 0.4) is 0 Å². The molecule has 164 valence electrons. The number of hydrogen-bond acceptors (Lipinski definition) is 5. The molecule has 31 heavy (non-hydrogen) atoms. The fourth-order valence-electron chi connectivity index (χ4n) is 3.47. The molecule has 7 nitrogen and oxygen atoms in total. The lowest BCUT2D eigenvalue weighted by Gasteiger charge is -2.20. The number of carbonyl (C=O) groups is 3. The Kier molecular flexibility index (Phi) is 7.68. The van der Waals surface area contributed by atoms with Crippen LogP contribution in [0.25, 0.3) is 0 Å². The molecule has 0 saturated carbocycles. The van der Waals surface area contributed by atoms with Gasteiger partial charge in [0.2, 0.25) is 5.91 Å². The Morgan fingerprint density at radius 1 is 1.19 bits per heavy atom. The molecule has 2 amide bonds. The van der Waals surface area contributed by atoms with E-state index >= 15 is 0 Å². The number of para-hydroxylation sites is 2. The topological polar surface area (TPSA) is 84.9 Å². The molecule has 1 fully saturated rings. The van der Waals surface area contributed by atoms with Crippen LogP contribution in [0, 0.1) is 5.92 Å². The summed E-state index contributed by atoms with van der Waals surface area (Å²) in [5.74, 6) is -1.21. The summed E-state index contributed by atoms with van der Waals surface area (Å²) < 4.78 is 11.7. The van der Waals surface area contributed by atoms with Crippen LogP contribution in [0.1, 0.15) is 25.8 Å². The number of anilines is 2. The first-order valence-corrected chi connectivity index (χ1v) is 11.0. The average molecular weight is 489 g/mol. The van der Waals surface area contributed by atoms with Gasteiger partial charge in [0, 0.05) is 23.1 Å². The Hall–Kier alpha value is -2.87. The standard InChI is InChI=1S/C23H25BrN2O5/c1-3-15-11-17(24)9-10-18(15)25-21(27)14-31-23(29)16-12-22(28)26(13-16)19-7-5-6-8-20(19)30-4-2/h5-11,16H,3-4,12-14H2,1-2H3,(H,25,27)/t16-/m0/s1. The predicted molar refractivity (Wildman–Crippen MR) is 121 cm³/mol. The molecule has 2 aromatic carbocycles. The number of esters is 1. The first-order valence-electron chi connectivity index (χ1n) is 10.2. The summed E-state index contributed by atoms with van der Waals surface area (Å²) >= 11 is 3.41. The van der Waals surface area contributed by atoms with Gasteiger partial charge in [0.25, 0.3) is 5.91 Å². The number of halogens is 1. The van der Waals surface area contributed by atoms with Gasteiger partial charge in [-0.05, 0) is 49.2 Å². The molecule has 0 spiro atoms. The lowest BCUT2D eigenvalue weighted by atomic mass is 10.1. The van der Waals surface area contributed by atoms with Crippen LogP contribution in [0.5, 0.6) is 5.75 Å². The molecule has 1 saturated heterocycles. The van der Waals surface area contributed by atoms with Crippen LogP contribution in [0.15, 0.2) is 46.9 Å². The van der Waals surface area contributed by atoms with E-state index in [0.29, 0.717) is 23.7 Å². The van der Waals surface area contributed by atoms with E-state index in [4.69, 9.17) is 9.47 Å². The van der Waals surface area contributed by atoms with Crippen LogP contribution in [0.2, 0.25) is 0 Å². The molecule has 0 unspecified atom stereocenters. The predicted octanol–water partition coefficient (Wildman–Crippen LogP) is 3.95. The normalized spacial score (nSPS) is 15.6. The van der Waals surface area contributed by atoms with E-state index in [1.165, 1.54) is 4.90 Å². The Morgan fingerprint density at radius 2 is 1.97 bits per heavy atom. The van der Waals surface area contributed by atoms with E-state index in [2.05, 4.69) is 21.2 Å². The largest absolute Gasteiger partial charge is 0.492 e. The van der Waals surface area contributed by atoms with Gasteiger partial charge in [-0.25, -0.2) is 0 Å². The average Bonchev–Trinajstić information content (AvgIpc) is 3.15. The Labute approximate surface area is 189 Å². The molecule has 1 heterocycles. The molecule has 0 radical (unpaired) electrons. The van der Waals surface area contributed by atoms with E-state index in [1.54, 1.807) is 18.2 Å². The van der Waals surface area contributed by atoms with Crippen LogP contribution >= 0.6 is 15.9 Å². The minimum Gasteiger partial charge on any atom is -0.492 e. The third-order valence-electron chi connectivity index (χ3n) is 4.98. The molecule has 0 aromatic heterocycles. The minimum absolute atomic E-state index is 0.0353. The highest BCUT2D eigenvalue weighted by Crippen LogP contribution is 2.33. The van der Waals surface area contributed by atoms with Gasteiger partial charge in [-0.1, -0.05) is 35.0 Å². The van der Waals surface area contributed by atoms with Crippen molar-refractivity contribution < 1.29 is 23.9 Å². The number of nitrogens with one attached hydrogen (secondary N) is 1. The molecule has 1 aliphatic rings. The molecular formula is C23H25BrN2O5. The Balaban J connectivity index is 1.57. The van der Waals surface area contributed by atoms with Gasteiger partial charge in [0.1, 0.15) is 5.75 Å². The Bertz CT molecular complexity index is 978. The number of ether oxygens (including phenoxy) is 2. The van der Waals surface area contributed by atoms with Gasteiger partial charge in [-0.15, -0.1) is 0 Å². The summed E-state index contributed by atoms with van der Waals surface area (Å²) in [4.78, 5) is 38.8. The SMILES string of the molecule is CCOc1ccccc1N1C[C@@H](C(=O)OCC(=O)Nc2ccc(Br)cc2CC)CC1=O. The number of nitrogens with zero attached hydrogens (tertiary/aromatic N) is 1. The molecule has 0 bridgehead atoms. The van der Waals surface area contributed by atoms with E-state index < -0.39 is 24.4 Å². The highest BCUT2D eigenvalue weighted by Gasteiger charge is 2.37. The molecular weight excluding hydrogens is 464 g/mol. The molecule has 1 N–H and O–H groups in total. The third-order valence-corrected chi connectivity index (χ3v) is 5.48. The minimum atomic E-state index is -0.631. The second kappa shape index (κ2) is 10.4. The number of carbonyl (C=O) groups excluding carboxylic acids is 3. The fraction of sp³-hybridized carbons (Fsp3) is 0.348. The smallest absolute Gasteiger partial charge is 0.311 e. The maximum absolute atomic E-state index is 12.5. The first-order chi connectivity index (χ1) is 14.9. The summed E-state index contributed by atoms with van der Waals surface area (Å²) in [6, 6.07) is 12.8. The number of amides is 2. The van der Waals surface area contributed by atoms with Crippen LogP contribution in [0.4, 0.5) is 11.4 Å². The van der Waals surface area contributed by atoms with Gasteiger partial charge in [-0.2, -0.15) is 0 Å². The van der Waals surface area contributed by atoms with E-state index in [0.717, 1.165) is 16.5 Å². The lowest BCUT2D eigenvalue weighted by Crippen LogP contribution is -2.28. The zero-order valence-electron chi connectivity index (χ0n) is 17.5. The van der Waals surface area contributed by atoms with Crippen molar-refractivity contribution >= 4 is 45.1 Å². The first kappa shape index (κ1) is 22.8. The van der Waals surface area contributed by atoms with Gasteiger partial charge in [-0.3, -0.25) is 14.4 Å². The van der Waals surface area contributed by atoms with Crippen molar-refractivity contribution in [2.75, 3.05) is 30.0 Å². The summed E-state index contributed by atoms with van der Waals surface area (Å²) in [5, 5.41) is 2.77. The zero-order chi connectivity index (χ0) is 22.4. The zero-order valence-corrected chi connectivity index (χ0v) is 19.1. The van der Waals surface area contributed by atoms with Crippen LogP contribution in [-0.2, 0) is 25.5 Å². The summed E-state index contributed by atoms with van der Waals surface area (Å²) in [5.41, 5.74) is 2.28. The third kappa shape index (κ3) is 5.64. The Morgan fingerprint density at radius 3 is 2.71 bits per heavy atom. The number of benzene rings is 2. The van der Waals surface area contributed by atoms with Crippen molar-refractivity contribution in [1.82, 2.24) is 0 Å². The van der Waals surface area contributed by atoms with Crippen molar-refractivity contribution in [3.63, 3.8) is 0 Å². The highest BCUT2D eigenvalue weighted by molar-refractivity contribution is 9.10. The van der Waals surface area contributed by atoms with Crippen molar-refractivity contribution in [1.29, 1.82) is 0 Å². The summed E-state index contributed by atoms with van der Waals surface area (Å²) in [6.45, 7) is 4.11. The van der Waals surface area contributed by atoms with E-state index in [1.807, 2.05) is 38.1 Å². The molecule has 0 aliphatic carbocycles. The molecule has 1 atom stereocenters. The van der Waals surface area contributed by atoms with E-state index in [-0.39, 0.29) is 18.9 Å². The second-order valence-corrected chi connectivity index (χ2v) is 8.03. The molecule has 2 aromatic rings. The van der Waals surface area contributed by atoms with Crippen molar-refractivity contribution in [3.8, 4) is 5.75 Å². The van der Waals surface area contributed by atoms with Gasteiger partial charge < -0.3 is 19.7 Å². The molecule has 3 rings (SSSR count). The van der Waals surface area contributed by atoms with Crippen molar-refractivity contribution in [2.45, 2.75) is 26.7 Å². The number of hydrogen-bond donors (Lipinski definition) is 1. The summed E-state index contributed by atoms with van der Waals surface area (Å²) in [7, 11) is 0. The summed E-state index contributed by atoms with van der Waals surface area (Å²) in [6.07, 6.45) is 0.783. The van der Waals surface area contributed by atoms with Gasteiger partial charge in [0.05, 0.1) is 18.2 Å². The molecule has 1 aliphatic heterocycles. The number of aryl methyl sites for hydroxylation is 1. The maximum atomic E-state index is 12.5. The number of rotatable bonds is 8. The van der Waals surface area contributed by atoms with Crippen molar-refractivity contribution in [2.24, 2.45) is 5.92 Å². The van der Waals surface area contributed by atoms with Crippen LogP contribution < -0.4 is 15.0 Å². The van der Waals surface area contributed by atoms with Crippen molar-refractivity contribution in [3.05, 3.63) is 52.5 Å². The monoisotopic (exact) mass is 488 g/mol. The fourth-order valence-corrected chi connectivity index (χ4v) is 3.88. The lowest BCUT2D eigenvalue weighted by molar-refractivity contribution is -0.151. The quantitative estimate of drug-likeness (QED) is 0.568. The molecule has 8 heteroatoms. The maximum Gasteiger partial charge on any atom is 0.311 e. The second-order valence-electron chi connectivity index (χ2n) is 7.12. The van der Waals surface area contributed by atoms with Crippen LogP contribution in [-0.4, -0.2) is 37.5 Å².